The maximum atomic E-state index is 14.0. The second-order valence-corrected chi connectivity index (χ2v) is 12.1. The highest BCUT2D eigenvalue weighted by atomic mass is 32.2. The summed E-state index contributed by atoms with van der Waals surface area (Å²) in [6.45, 7) is 6.95. The summed E-state index contributed by atoms with van der Waals surface area (Å²) in [4.78, 5) is 40.8. The van der Waals surface area contributed by atoms with Gasteiger partial charge in [-0.25, -0.2) is 13.2 Å². The lowest BCUT2D eigenvalue weighted by Crippen LogP contribution is -2.53. The molecule has 2 aromatic rings. The molecule has 2 atom stereocenters. The van der Waals surface area contributed by atoms with Gasteiger partial charge < -0.3 is 14.8 Å². The molecule has 2 fully saturated rings. The third kappa shape index (κ3) is 6.54. The Hall–Kier alpha value is -3.28. The molecule has 2 heterocycles. The highest BCUT2D eigenvalue weighted by Gasteiger charge is 2.43. The van der Waals surface area contributed by atoms with E-state index >= 15 is 0 Å². The van der Waals surface area contributed by atoms with Crippen LogP contribution in [-0.4, -0.2) is 68.9 Å². The van der Waals surface area contributed by atoms with E-state index in [2.05, 4.69) is 5.32 Å². The largest absolute Gasteiger partial charge is 0.464 e. The number of hydrogen-bond acceptors (Lipinski definition) is 8. The molecule has 2 aromatic carbocycles. The smallest absolute Gasteiger partial charge is 0.328 e. The molecule has 0 radical (unpaired) electrons. The first-order valence-electron chi connectivity index (χ1n) is 13.7. The van der Waals surface area contributed by atoms with Gasteiger partial charge in [0.25, 0.3) is 0 Å². The number of hydrogen-bond donors (Lipinski definition) is 1. The maximum absolute atomic E-state index is 14.0. The zero-order valence-corrected chi connectivity index (χ0v) is 24.0. The van der Waals surface area contributed by atoms with E-state index in [1.165, 1.54) is 21.3 Å². The van der Waals surface area contributed by atoms with Gasteiger partial charge in [0.15, 0.2) is 0 Å². The quantitative estimate of drug-likeness (QED) is 0.360. The van der Waals surface area contributed by atoms with Crippen LogP contribution in [0.3, 0.4) is 0 Å². The summed E-state index contributed by atoms with van der Waals surface area (Å²) < 4.78 is 39.0. The molecular formula is C29H37N3O7S. The third-order valence-electron chi connectivity index (χ3n) is 7.37. The predicted molar refractivity (Wildman–Crippen MR) is 149 cm³/mol. The Kier molecular flexibility index (Phi) is 9.60. The number of rotatable bonds is 9. The fraction of sp³-hybridized carbons (Fsp3) is 0.483. The lowest BCUT2D eigenvalue weighted by molar-refractivity contribution is -0.145. The van der Waals surface area contributed by atoms with E-state index in [4.69, 9.17) is 9.47 Å². The van der Waals surface area contributed by atoms with Crippen molar-refractivity contribution in [3.8, 4) is 5.75 Å². The first-order valence-corrected chi connectivity index (χ1v) is 15.2. The van der Waals surface area contributed by atoms with Crippen LogP contribution in [-0.2, 0) is 29.1 Å². The van der Waals surface area contributed by atoms with Crippen LogP contribution in [0.2, 0.25) is 0 Å². The molecule has 0 unspecified atom stereocenters. The van der Waals surface area contributed by atoms with Gasteiger partial charge in [0, 0.05) is 12.2 Å². The molecule has 2 aliphatic heterocycles. The second-order valence-electron chi connectivity index (χ2n) is 10.2. The highest BCUT2D eigenvalue weighted by molar-refractivity contribution is 7.89. The number of carbonyl (C=O) groups is 3. The molecular weight excluding hydrogens is 534 g/mol. The van der Waals surface area contributed by atoms with E-state index in [1.54, 1.807) is 50.2 Å². The summed E-state index contributed by atoms with van der Waals surface area (Å²) in [5.41, 5.74) is 1.29. The second kappa shape index (κ2) is 12.9. The van der Waals surface area contributed by atoms with Crippen LogP contribution >= 0.6 is 0 Å². The molecule has 0 spiro atoms. The Morgan fingerprint density at radius 3 is 2.30 bits per heavy atom. The molecule has 1 N–H and O–H groups in total. The molecule has 40 heavy (non-hydrogen) atoms. The predicted octanol–water partition coefficient (Wildman–Crippen LogP) is 3.04. The van der Waals surface area contributed by atoms with Crippen molar-refractivity contribution >= 4 is 33.6 Å². The number of benzene rings is 2. The van der Waals surface area contributed by atoms with Gasteiger partial charge in [0.1, 0.15) is 17.8 Å². The van der Waals surface area contributed by atoms with E-state index in [0.717, 1.165) is 18.7 Å². The number of carbonyl (C=O) groups excluding carboxylic acids is 3. The standard InChI is InChI=1S/C29H37N3O7S/c1-4-38-28(34)21(3)32(23-9-11-24(12-10-23)39-29(35)22-15-17-30-18-16-22)27(33)26-6-5-19-31(26)40(36,37)25-13-7-20(2)8-14-25/h7-14,21-22,26,30H,4-6,15-19H2,1-3H3/t21-,26-/m0/s1. The van der Waals surface area contributed by atoms with Crippen molar-refractivity contribution in [3.05, 3.63) is 54.1 Å². The fourth-order valence-corrected chi connectivity index (χ4v) is 6.77. The van der Waals surface area contributed by atoms with E-state index in [-0.39, 0.29) is 29.9 Å². The lowest BCUT2D eigenvalue weighted by atomic mass is 9.98. The van der Waals surface area contributed by atoms with Crippen LogP contribution in [0.4, 0.5) is 5.69 Å². The average Bonchev–Trinajstić information content (AvgIpc) is 3.46. The van der Waals surface area contributed by atoms with Crippen LogP contribution < -0.4 is 15.0 Å². The monoisotopic (exact) mass is 571 g/mol. The lowest BCUT2D eigenvalue weighted by Gasteiger charge is -2.33. The molecule has 0 bridgehead atoms. The third-order valence-corrected chi connectivity index (χ3v) is 9.30. The van der Waals surface area contributed by atoms with Gasteiger partial charge in [-0.3, -0.25) is 14.5 Å². The Bertz CT molecular complexity index is 1310. The maximum Gasteiger partial charge on any atom is 0.328 e. The van der Waals surface area contributed by atoms with Crippen molar-refractivity contribution in [3.63, 3.8) is 0 Å². The van der Waals surface area contributed by atoms with Crippen LogP contribution in [0.25, 0.3) is 0 Å². The summed E-state index contributed by atoms with van der Waals surface area (Å²) in [5, 5.41) is 3.22. The first-order chi connectivity index (χ1) is 19.1. The van der Waals surface area contributed by atoms with E-state index in [0.29, 0.717) is 37.1 Å². The van der Waals surface area contributed by atoms with E-state index in [1.807, 2.05) is 6.92 Å². The molecule has 216 valence electrons. The number of amides is 1. The SMILES string of the molecule is CCOC(=O)[C@H](C)N(C(=O)[C@@H]1CCCN1S(=O)(=O)c1ccc(C)cc1)c1ccc(OC(=O)C2CCNCC2)cc1. The van der Waals surface area contributed by atoms with Crippen LogP contribution in [0.15, 0.2) is 53.4 Å². The Morgan fingerprint density at radius 1 is 1.02 bits per heavy atom. The van der Waals surface area contributed by atoms with Crippen LogP contribution in [0.1, 0.15) is 45.1 Å². The summed E-state index contributed by atoms with van der Waals surface area (Å²) in [7, 11) is -3.94. The van der Waals surface area contributed by atoms with Gasteiger partial charge in [-0.05, 0) is 95.9 Å². The molecule has 1 amide bonds. The minimum absolute atomic E-state index is 0.114. The van der Waals surface area contributed by atoms with Gasteiger partial charge in [0.05, 0.1) is 17.4 Å². The summed E-state index contributed by atoms with van der Waals surface area (Å²) in [6.07, 6.45) is 2.25. The van der Waals surface area contributed by atoms with Gasteiger partial charge in [-0.1, -0.05) is 17.7 Å². The average molecular weight is 572 g/mol. The topological polar surface area (TPSA) is 122 Å². The molecule has 2 saturated heterocycles. The normalized spacial score (nSPS) is 19.1. The van der Waals surface area contributed by atoms with E-state index < -0.39 is 34.0 Å². The van der Waals surface area contributed by atoms with Crippen LogP contribution in [0, 0.1) is 12.8 Å². The molecule has 0 aromatic heterocycles. The molecule has 11 heteroatoms. The Morgan fingerprint density at radius 2 is 1.68 bits per heavy atom. The van der Waals surface area contributed by atoms with Crippen LogP contribution in [0.5, 0.6) is 5.75 Å². The Balaban J connectivity index is 1.59. The van der Waals surface area contributed by atoms with Gasteiger partial charge in [-0.15, -0.1) is 0 Å². The summed E-state index contributed by atoms with van der Waals surface area (Å²) in [5.74, 6) is -1.28. The number of anilines is 1. The molecule has 10 nitrogen and oxygen atoms in total. The number of nitrogens with one attached hydrogen (secondary N) is 1. The zero-order chi connectivity index (χ0) is 28.9. The van der Waals surface area contributed by atoms with E-state index in [9.17, 15) is 22.8 Å². The highest BCUT2D eigenvalue weighted by Crippen LogP contribution is 2.31. The fourth-order valence-electron chi connectivity index (χ4n) is 5.12. The van der Waals surface area contributed by atoms with Crippen molar-refractivity contribution in [2.24, 2.45) is 5.92 Å². The summed E-state index contributed by atoms with van der Waals surface area (Å²) in [6, 6.07) is 10.8. The van der Waals surface area contributed by atoms with Crippen molar-refractivity contribution in [2.75, 3.05) is 31.1 Å². The molecule has 0 aliphatic carbocycles. The van der Waals surface area contributed by atoms with Crippen molar-refractivity contribution in [1.82, 2.24) is 9.62 Å². The van der Waals surface area contributed by atoms with Gasteiger partial charge >= 0.3 is 11.9 Å². The number of aryl methyl sites for hydroxylation is 1. The minimum atomic E-state index is -3.94. The number of piperidine rings is 1. The van der Waals surface area contributed by atoms with Gasteiger partial charge in [-0.2, -0.15) is 4.31 Å². The number of ether oxygens (including phenoxy) is 2. The molecule has 0 saturated carbocycles. The number of esters is 2. The zero-order valence-electron chi connectivity index (χ0n) is 23.2. The Labute approximate surface area is 235 Å². The molecule has 4 rings (SSSR count). The molecule has 2 aliphatic rings. The van der Waals surface area contributed by atoms with Gasteiger partial charge in [0.2, 0.25) is 15.9 Å². The van der Waals surface area contributed by atoms with Crippen molar-refractivity contribution in [2.45, 2.75) is 63.4 Å². The minimum Gasteiger partial charge on any atom is -0.464 e. The van der Waals surface area contributed by atoms with Crippen molar-refractivity contribution in [1.29, 1.82) is 0 Å². The first kappa shape index (κ1) is 29.7. The van der Waals surface area contributed by atoms with Crippen molar-refractivity contribution < 1.29 is 32.3 Å². The number of nitrogens with zero attached hydrogens (tertiary/aromatic N) is 2. The summed E-state index contributed by atoms with van der Waals surface area (Å²) >= 11 is 0. The number of sulfonamides is 1.